The third-order valence-electron chi connectivity index (χ3n) is 3.85. The van der Waals surface area contributed by atoms with Crippen LogP contribution in [0.25, 0.3) is 11.3 Å². The molecule has 0 radical (unpaired) electrons. The second-order valence-corrected chi connectivity index (χ2v) is 6.18. The van der Waals surface area contributed by atoms with Crippen molar-refractivity contribution in [3.05, 3.63) is 66.7 Å². The monoisotopic (exact) mass is 332 g/mol. The zero-order valence-corrected chi connectivity index (χ0v) is 15.0. The topological polar surface area (TPSA) is 41.1 Å². The van der Waals surface area contributed by atoms with Crippen LogP contribution in [-0.2, 0) is 0 Å². The molecule has 0 aliphatic heterocycles. The van der Waals surface area contributed by atoms with Gasteiger partial charge in [-0.25, -0.2) is 4.98 Å². The molecule has 0 atom stereocenters. The first kappa shape index (κ1) is 17.0. The number of hydrogen-bond donors (Lipinski definition) is 1. The summed E-state index contributed by atoms with van der Waals surface area (Å²) in [6.45, 7) is 7.13. The molecular formula is C21H24N4. The predicted octanol–water partition coefficient (Wildman–Crippen LogP) is 5.12. The normalized spacial score (nSPS) is 10.7. The van der Waals surface area contributed by atoms with E-state index in [0.29, 0.717) is 12.0 Å². The highest BCUT2D eigenvalue weighted by Gasteiger charge is 2.14. The molecule has 2 aromatic carbocycles. The van der Waals surface area contributed by atoms with E-state index in [1.165, 1.54) is 0 Å². The van der Waals surface area contributed by atoms with Crippen molar-refractivity contribution in [2.24, 2.45) is 0 Å². The maximum atomic E-state index is 4.83. The largest absolute Gasteiger partial charge is 0.368 e. The maximum Gasteiger partial charge on any atom is 0.232 e. The summed E-state index contributed by atoms with van der Waals surface area (Å²) < 4.78 is 0. The molecule has 3 rings (SSSR count). The van der Waals surface area contributed by atoms with E-state index in [9.17, 15) is 0 Å². The van der Waals surface area contributed by atoms with Crippen LogP contribution in [0.15, 0.2) is 66.7 Å². The predicted molar refractivity (Wildman–Crippen MR) is 105 cm³/mol. The smallest absolute Gasteiger partial charge is 0.232 e. The van der Waals surface area contributed by atoms with Gasteiger partial charge in [-0.05, 0) is 32.9 Å². The lowest BCUT2D eigenvalue weighted by atomic mass is 10.1. The number of aromatic nitrogens is 2. The van der Waals surface area contributed by atoms with Gasteiger partial charge in [-0.2, -0.15) is 4.98 Å². The Morgan fingerprint density at radius 1 is 0.920 bits per heavy atom. The fourth-order valence-corrected chi connectivity index (χ4v) is 2.73. The van der Waals surface area contributed by atoms with E-state index >= 15 is 0 Å². The van der Waals surface area contributed by atoms with Crippen LogP contribution in [0.2, 0.25) is 0 Å². The molecule has 0 aliphatic carbocycles. The summed E-state index contributed by atoms with van der Waals surface area (Å²) >= 11 is 0. The van der Waals surface area contributed by atoms with E-state index in [-0.39, 0.29) is 0 Å². The number of hydrogen-bond acceptors (Lipinski definition) is 4. The molecule has 128 valence electrons. The first-order valence-corrected chi connectivity index (χ1v) is 8.71. The van der Waals surface area contributed by atoms with E-state index < -0.39 is 0 Å². The molecule has 0 bridgehead atoms. The van der Waals surface area contributed by atoms with Gasteiger partial charge < -0.3 is 10.2 Å². The first-order chi connectivity index (χ1) is 12.2. The molecule has 1 aromatic heterocycles. The second-order valence-electron chi connectivity index (χ2n) is 6.18. The number of nitrogens with zero attached hydrogens (tertiary/aromatic N) is 3. The fraction of sp³-hybridized carbons (Fsp3) is 0.238. The van der Waals surface area contributed by atoms with E-state index in [1.807, 2.05) is 42.5 Å². The molecule has 1 heterocycles. The van der Waals surface area contributed by atoms with Crippen LogP contribution in [-0.4, -0.2) is 22.6 Å². The lowest BCUT2D eigenvalue weighted by Crippen LogP contribution is -2.20. The highest BCUT2D eigenvalue weighted by molar-refractivity contribution is 5.67. The molecule has 0 spiro atoms. The van der Waals surface area contributed by atoms with Gasteiger partial charge in [0.2, 0.25) is 5.95 Å². The van der Waals surface area contributed by atoms with Crippen LogP contribution in [0.4, 0.5) is 17.5 Å². The highest BCUT2D eigenvalue weighted by atomic mass is 15.3. The van der Waals surface area contributed by atoms with Gasteiger partial charge in [0.05, 0.1) is 5.69 Å². The molecule has 4 heteroatoms. The van der Waals surface area contributed by atoms with E-state index in [0.717, 1.165) is 29.3 Å². The summed E-state index contributed by atoms with van der Waals surface area (Å²) in [6.07, 6.45) is 0. The Hall–Kier alpha value is -2.88. The Labute approximate surface area is 149 Å². The minimum Gasteiger partial charge on any atom is -0.368 e. The molecule has 0 aliphatic rings. The molecular weight excluding hydrogens is 308 g/mol. The number of para-hydroxylation sites is 1. The van der Waals surface area contributed by atoms with E-state index in [2.05, 4.69) is 55.3 Å². The zero-order valence-electron chi connectivity index (χ0n) is 15.0. The van der Waals surface area contributed by atoms with Gasteiger partial charge in [0.15, 0.2) is 0 Å². The average Bonchev–Trinajstić information content (AvgIpc) is 2.63. The zero-order chi connectivity index (χ0) is 17.6. The Balaban J connectivity index is 2.08. The molecule has 0 fully saturated rings. The van der Waals surface area contributed by atoms with Gasteiger partial charge >= 0.3 is 0 Å². The van der Waals surface area contributed by atoms with Crippen LogP contribution in [0.3, 0.4) is 0 Å². The van der Waals surface area contributed by atoms with Crippen LogP contribution in [0.1, 0.15) is 20.8 Å². The van der Waals surface area contributed by atoms with Gasteiger partial charge in [0.1, 0.15) is 5.82 Å². The van der Waals surface area contributed by atoms with Crippen molar-refractivity contribution < 1.29 is 0 Å². The number of benzene rings is 2. The number of anilines is 3. The third-order valence-corrected chi connectivity index (χ3v) is 3.85. The van der Waals surface area contributed by atoms with Gasteiger partial charge in [-0.15, -0.1) is 0 Å². The summed E-state index contributed by atoms with van der Waals surface area (Å²) in [5, 5.41) is 3.41. The van der Waals surface area contributed by atoms with Gasteiger partial charge in [-0.1, -0.05) is 48.5 Å². The molecule has 0 unspecified atom stereocenters. The van der Waals surface area contributed by atoms with E-state index in [1.54, 1.807) is 0 Å². The van der Waals surface area contributed by atoms with Crippen molar-refractivity contribution >= 4 is 17.5 Å². The van der Waals surface area contributed by atoms with Gasteiger partial charge in [-0.3, -0.25) is 0 Å². The molecule has 0 amide bonds. The van der Waals surface area contributed by atoms with Gasteiger partial charge in [0, 0.05) is 29.9 Å². The van der Waals surface area contributed by atoms with Crippen molar-refractivity contribution in [1.82, 2.24) is 9.97 Å². The second kappa shape index (κ2) is 7.79. The van der Waals surface area contributed by atoms with E-state index in [4.69, 9.17) is 9.97 Å². The number of nitrogens with one attached hydrogen (secondary N) is 1. The summed E-state index contributed by atoms with van der Waals surface area (Å²) in [5.41, 5.74) is 3.09. The average molecular weight is 332 g/mol. The number of rotatable bonds is 6. The Bertz CT molecular complexity index is 801. The Morgan fingerprint density at radius 2 is 1.56 bits per heavy atom. The lowest BCUT2D eigenvalue weighted by molar-refractivity contribution is 0.878. The Kier molecular flexibility index (Phi) is 5.29. The van der Waals surface area contributed by atoms with Crippen molar-refractivity contribution in [3.63, 3.8) is 0 Å². The molecule has 0 saturated heterocycles. The molecule has 1 N–H and O–H groups in total. The Morgan fingerprint density at radius 3 is 2.16 bits per heavy atom. The maximum absolute atomic E-state index is 4.83. The SMILES string of the molecule is CCN(c1ccccc1)c1nc(NC(C)C)cc(-c2ccccc2)n1. The van der Waals surface area contributed by atoms with Crippen LogP contribution in [0, 0.1) is 0 Å². The molecule has 0 saturated carbocycles. The lowest BCUT2D eigenvalue weighted by Gasteiger charge is -2.22. The summed E-state index contributed by atoms with van der Waals surface area (Å²) in [4.78, 5) is 11.7. The highest BCUT2D eigenvalue weighted by Crippen LogP contribution is 2.27. The standard InChI is InChI=1S/C21H24N4/c1-4-25(18-13-9-6-10-14-18)21-23-19(17-11-7-5-8-12-17)15-20(24-21)22-16(2)3/h5-16H,4H2,1-3H3,(H,22,23,24). The van der Waals surface area contributed by atoms with Crippen LogP contribution >= 0.6 is 0 Å². The van der Waals surface area contributed by atoms with Crippen LogP contribution < -0.4 is 10.2 Å². The minimum absolute atomic E-state index is 0.304. The van der Waals surface area contributed by atoms with Crippen molar-refractivity contribution in [2.75, 3.05) is 16.8 Å². The molecule has 4 nitrogen and oxygen atoms in total. The summed E-state index contributed by atoms with van der Waals surface area (Å²) in [6, 6.07) is 22.8. The van der Waals surface area contributed by atoms with Crippen molar-refractivity contribution in [3.8, 4) is 11.3 Å². The minimum atomic E-state index is 0.304. The van der Waals surface area contributed by atoms with Gasteiger partial charge in [0.25, 0.3) is 0 Å². The third kappa shape index (κ3) is 4.15. The summed E-state index contributed by atoms with van der Waals surface area (Å²) in [7, 11) is 0. The quantitative estimate of drug-likeness (QED) is 0.680. The molecule has 25 heavy (non-hydrogen) atoms. The fourth-order valence-electron chi connectivity index (χ4n) is 2.73. The molecule has 3 aromatic rings. The van der Waals surface area contributed by atoms with Crippen molar-refractivity contribution in [1.29, 1.82) is 0 Å². The van der Waals surface area contributed by atoms with Crippen LogP contribution in [0.5, 0.6) is 0 Å². The summed E-state index contributed by atoms with van der Waals surface area (Å²) in [5.74, 6) is 1.55. The first-order valence-electron chi connectivity index (χ1n) is 8.71. The van der Waals surface area contributed by atoms with Crippen molar-refractivity contribution in [2.45, 2.75) is 26.8 Å².